The van der Waals surface area contributed by atoms with E-state index in [9.17, 15) is 0 Å². The molecule has 2 bridgehead atoms. The molecule has 0 spiro atoms. The van der Waals surface area contributed by atoms with Gasteiger partial charge < -0.3 is 14.6 Å². The second kappa shape index (κ2) is 9.13. The molecule has 0 radical (unpaired) electrons. The number of halogens is 1. The Morgan fingerprint density at radius 2 is 1.85 bits per heavy atom. The zero-order valence-electron chi connectivity index (χ0n) is 23.5. The number of aromatic amines is 1. The van der Waals surface area contributed by atoms with E-state index in [1.807, 2.05) is 19.2 Å². The van der Waals surface area contributed by atoms with E-state index in [1.165, 1.54) is 32.1 Å². The molecule has 0 amide bonds. The molecule has 3 aliphatic heterocycles. The molecular weight excluding hydrogens is 503 g/mol. The number of hydrogen-bond donors (Lipinski definition) is 1. The molecular formula is C32H37FN6O. The van der Waals surface area contributed by atoms with Gasteiger partial charge in [0.15, 0.2) is 5.82 Å². The number of H-pyrrole nitrogens is 1. The Morgan fingerprint density at radius 3 is 2.62 bits per heavy atom. The van der Waals surface area contributed by atoms with Crippen molar-refractivity contribution in [2.75, 3.05) is 37.7 Å². The van der Waals surface area contributed by atoms with Crippen LogP contribution in [0.2, 0.25) is 0 Å². The molecule has 4 fully saturated rings. The van der Waals surface area contributed by atoms with Gasteiger partial charge >= 0.3 is 6.01 Å². The molecule has 1 aliphatic carbocycles. The summed E-state index contributed by atoms with van der Waals surface area (Å²) in [5, 5.41) is 1.64. The Kier molecular flexibility index (Phi) is 5.60. The number of pyridine rings is 1. The van der Waals surface area contributed by atoms with Crippen LogP contribution in [0.4, 0.5) is 10.2 Å². The predicted octanol–water partition coefficient (Wildman–Crippen LogP) is 6.17. The predicted molar refractivity (Wildman–Crippen MR) is 155 cm³/mol. The normalized spacial score (nSPS) is 23.9. The van der Waals surface area contributed by atoms with Gasteiger partial charge in [0, 0.05) is 41.9 Å². The van der Waals surface area contributed by atoms with Gasteiger partial charge in [-0.2, -0.15) is 9.97 Å². The smallest absolute Gasteiger partial charge is 0.319 e. The summed E-state index contributed by atoms with van der Waals surface area (Å²) in [5.74, 6) is 1.72. The van der Waals surface area contributed by atoms with Crippen molar-refractivity contribution in [1.82, 2.24) is 24.8 Å². The van der Waals surface area contributed by atoms with Crippen LogP contribution >= 0.6 is 0 Å². The monoisotopic (exact) mass is 540 g/mol. The summed E-state index contributed by atoms with van der Waals surface area (Å²) < 4.78 is 23.1. The highest BCUT2D eigenvalue weighted by Gasteiger charge is 2.45. The fourth-order valence-corrected chi connectivity index (χ4v) is 8.29. The molecule has 4 aromatic rings. The first-order chi connectivity index (χ1) is 19.5. The zero-order chi connectivity index (χ0) is 27.0. The summed E-state index contributed by atoms with van der Waals surface area (Å²) >= 11 is 0. The second-order valence-electron chi connectivity index (χ2n) is 12.8. The molecule has 1 N–H and O–H groups in total. The lowest BCUT2D eigenvalue weighted by Gasteiger charge is -2.34. The van der Waals surface area contributed by atoms with Crippen LogP contribution in [0.3, 0.4) is 0 Å². The summed E-state index contributed by atoms with van der Waals surface area (Å²) in [6.07, 6.45) is 12.2. The van der Waals surface area contributed by atoms with Gasteiger partial charge in [0.25, 0.3) is 0 Å². The minimum absolute atomic E-state index is 0.0726. The van der Waals surface area contributed by atoms with Gasteiger partial charge in [-0.1, -0.05) is 0 Å². The number of aryl methyl sites for hydroxylation is 1. The molecule has 1 saturated carbocycles. The third-order valence-corrected chi connectivity index (χ3v) is 10.4. The standard InChI is InChI=1S/C32H37FN6O/c1-19-13-25-23(7-10-34-25)26(20(19)2)29-27(33)28-24(15-35-29)30(38-16-21-5-6-22(14-21)17-38)37-31(36-28)40-18-32-8-3-11-39(32)12-4-9-32/h7,10,13,15,21-22,34H,3-6,8-9,11-12,14,16-18H2,1-2H3. The summed E-state index contributed by atoms with van der Waals surface area (Å²) in [6, 6.07) is 4.40. The molecule has 1 aromatic carbocycles. The van der Waals surface area contributed by atoms with E-state index in [4.69, 9.17) is 19.7 Å². The fourth-order valence-electron chi connectivity index (χ4n) is 8.29. The first-order valence-electron chi connectivity index (χ1n) is 15.1. The van der Waals surface area contributed by atoms with Crippen LogP contribution in [0.5, 0.6) is 6.01 Å². The van der Waals surface area contributed by atoms with E-state index in [0.717, 1.165) is 72.4 Å². The molecule has 8 heteroatoms. The number of anilines is 1. The number of piperidine rings is 1. The van der Waals surface area contributed by atoms with Crippen LogP contribution in [-0.2, 0) is 0 Å². The van der Waals surface area contributed by atoms with Crippen molar-refractivity contribution in [2.45, 2.75) is 64.3 Å². The number of rotatable bonds is 5. The second-order valence-corrected chi connectivity index (χ2v) is 12.8. The highest BCUT2D eigenvalue weighted by atomic mass is 19.1. The number of aromatic nitrogens is 4. The summed E-state index contributed by atoms with van der Waals surface area (Å²) in [4.78, 5) is 22.7. The van der Waals surface area contributed by atoms with Crippen LogP contribution in [0.15, 0.2) is 24.5 Å². The summed E-state index contributed by atoms with van der Waals surface area (Å²) in [6.45, 7) is 8.83. The highest BCUT2D eigenvalue weighted by molar-refractivity contribution is 5.99. The average molecular weight is 541 g/mol. The lowest BCUT2D eigenvalue weighted by atomic mass is 9.95. The van der Waals surface area contributed by atoms with Crippen molar-refractivity contribution in [2.24, 2.45) is 11.8 Å². The van der Waals surface area contributed by atoms with Gasteiger partial charge in [0.2, 0.25) is 0 Å². The van der Waals surface area contributed by atoms with Gasteiger partial charge in [0.1, 0.15) is 23.6 Å². The maximum absolute atomic E-state index is 16.7. The number of benzene rings is 1. The Hall–Kier alpha value is -3.26. The number of fused-ring (bicyclic) bond motifs is 5. The molecule has 4 aliphatic rings. The van der Waals surface area contributed by atoms with Crippen molar-refractivity contribution in [3.8, 4) is 17.3 Å². The van der Waals surface area contributed by atoms with Crippen LogP contribution in [-0.4, -0.2) is 63.2 Å². The van der Waals surface area contributed by atoms with Gasteiger partial charge in [0.05, 0.1) is 10.9 Å². The third-order valence-electron chi connectivity index (χ3n) is 10.4. The molecule has 40 heavy (non-hydrogen) atoms. The molecule has 208 valence electrons. The van der Waals surface area contributed by atoms with E-state index < -0.39 is 5.82 Å². The molecule has 3 aromatic heterocycles. The number of ether oxygens (including phenoxy) is 1. The first-order valence-corrected chi connectivity index (χ1v) is 15.1. The van der Waals surface area contributed by atoms with Crippen molar-refractivity contribution < 1.29 is 9.13 Å². The van der Waals surface area contributed by atoms with Gasteiger partial charge in [-0.05, 0) is 107 Å². The minimum Gasteiger partial charge on any atom is -0.461 e. The fraction of sp³-hybridized carbons (Fsp3) is 0.531. The van der Waals surface area contributed by atoms with Crippen LogP contribution in [0.1, 0.15) is 56.1 Å². The summed E-state index contributed by atoms with van der Waals surface area (Å²) in [5.41, 5.74) is 4.64. The Balaban J connectivity index is 1.26. The van der Waals surface area contributed by atoms with Gasteiger partial charge in [-0.15, -0.1) is 0 Å². The summed E-state index contributed by atoms with van der Waals surface area (Å²) in [7, 11) is 0. The van der Waals surface area contributed by atoms with E-state index in [-0.39, 0.29) is 11.5 Å². The van der Waals surface area contributed by atoms with Crippen LogP contribution < -0.4 is 9.64 Å². The lowest BCUT2D eigenvalue weighted by Crippen LogP contribution is -2.43. The van der Waals surface area contributed by atoms with E-state index in [0.29, 0.717) is 35.0 Å². The van der Waals surface area contributed by atoms with E-state index in [2.05, 4.69) is 27.8 Å². The molecule has 3 saturated heterocycles. The van der Waals surface area contributed by atoms with E-state index in [1.54, 1.807) is 6.20 Å². The van der Waals surface area contributed by atoms with Crippen LogP contribution in [0, 0.1) is 31.5 Å². The van der Waals surface area contributed by atoms with Crippen molar-refractivity contribution in [1.29, 1.82) is 0 Å². The van der Waals surface area contributed by atoms with Crippen molar-refractivity contribution in [3.63, 3.8) is 0 Å². The number of nitrogens with zero attached hydrogens (tertiary/aromatic N) is 5. The zero-order valence-corrected chi connectivity index (χ0v) is 23.5. The SMILES string of the molecule is Cc1cc2[nH]ccc2c(-c2ncc3c(N4CC5CCC(C5)C4)nc(OCC45CCCN4CCC5)nc3c2F)c1C. The van der Waals surface area contributed by atoms with Gasteiger partial charge in [-0.3, -0.25) is 9.88 Å². The Bertz CT molecular complexity index is 1610. The quantitative estimate of drug-likeness (QED) is 0.326. The molecule has 7 nitrogen and oxygen atoms in total. The third kappa shape index (κ3) is 3.75. The first kappa shape index (κ1) is 24.5. The number of nitrogens with one attached hydrogen (secondary N) is 1. The highest BCUT2D eigenvalue weighted by Crippen LogP contribution is 2.42. The van der Waals surface area contributed by atoms with Crippen LogP contribution in [0.25, 0.3) is 33.1 Å². The Morgan fingerprint density at radius 1 is 1.07 bits per heavy atom. The Labute approximate surface area is 234 Å². The maximum atomic E-state index is 16.7. The van der Waals surface area contributed by atoms with E-state index >= 15 is 4.39 Å². The topological polar surface area (TPSA) is 70.2 Å². The average Bonchev–Trinajstić information content (AvgIpc) is 3.73. The maximum Gasteiger partial charge on any atom is 0.319 e. The largest absolute Gasteiger partial charge is 0.461 e. The van der Waals surface area contributed by atoms with Gasteiger partial charge in [-0.25, -0.2) is 4.39 Å². The van der Waals surface area contributed by atoms with Crippen molar-refractivity contribution >= 4 is 27.6 Å². The molecule has 8 rings (SSSR count). The molecule has 2 unspecified atom stereocenters. The van der Waals surface area contributed by atoms with Crippen molar-refractivity contribution in [3.05, 3.63) is 41.5 Å². The minimum atomic E-state index is -0.399. The lowest BCUT2D eigenvalue weighted by molar-refractivity contribution is 0.108. The molecule has 2 atom stereocenters. The molecule has 6 heterocycles. The number of hydrogen-bond acceptors (Lipinski definition) is 6.